The third-order valence-corrected chi connectivity index (χ3v) is 2.77. The predicted molar refractivity (Wildman–Crippen MR) is 87.2 cm³/mol. The Labute approximate surface area is 152 Å². The molecular formula is C13H31Cl3O3V. The van der Waals surface area contributed by atoms with Gasteiger partial charge in [-0.05, 0) is 12.3 Å². The zero-order valence-electron chi connectivity index (χ0n) is 13.1. The van der Waals surface area contributed by atoms with Gasteiger partial charge in [0.15, 0.2) is 6.29 Å². The van der Waals surface area contributed by atoms with Crippen molar-refractivity contribution in [1.29, 1.82) is 0 Å². The molecule has 0 aromatic heterocycles. The maximum atomic E-state index is 9.73. The van der Waals surface area contributed by atoms with Gasteiger partial charge in [-0.3, -0.25) is 0 Å². The third-order valence-electron chi connectivity index (χ3n) is 2.77. The molecule has 7 heteroatoms. The van der Waals surface area contributed by atoms with E-state index in [-0.39, 0.29) is 42.6 Å². The Balaban J connectivity index is -0.000000143. The van der Waals surface area contributed by atoms with Crippen LogP contribution in [-0.2, 0) is 25.8 Å². The van der Waals surface area contributed by atoms with Crippen LogP contribution in [0.2, 0.25) is 0 Å². The number of hydrogen-bond donors (Lipinski definition) is 1. The van der Waals surface area contributed by atoms with Gasteiger partial charge in [-0.25, -0.2) is 0 Å². The molecule has 0 saturated carbocycles. The molecule has 127 valence electrons. The van der Waals surface area contributed by atoms with Crippen LogP contribution in [0, 0.1) is 11.3 Å². The fourth-order valence-electron chi connectivity index (χ4n) is 1.38. The Hall–Kier alpha value is 1.17. The summed E-state index contributed by atoms with van der Waals surface area (Å²) in [6.45, 7) is 11.1. The summed E-state index contributed by atoms with van der Waals surface area (Å²) >= 11 is 1.06. The van der Waals surface area contributed by atoms with Crippen LogP contribution < -0.4 is 0 Å². The van der Waals surface area contributed by atoms with Gasteiger partial charge in [0.05, 0.1) is 6.61 Å². The zero-order chi connectivity index (χ0) is 13.9. The summed E-state index contributed by atoms with van der Waals surface area (Å²) in [5.74, 6) is 0.599. The van der Waals surface area contributed by atoms with Gasteiger partial charge in [0.25, 0.3) is 0 Å². The van der Waals surface area contributed by atoms with Crippen molar-refractivity contribution >= 4 is 37.2 Å². The molecule has 0 aromatic carbocycles. The summed E-state index contributed by atoms with van der Waals surface area (Å²) in [6.07, 6.45) is 4.19. The predicted octanol–water partition coefficient (Wildman–Crippen LogP) is 4.73. The number of rotatable bonds is 7. The van der Waals surface area contributed by atoms with Crippen LogP contribution in [-0.4, -0.2) is 18.0 Å². The second-order valence-electron chi connectivity index (χ2n) is 5.47. The molecule has 0 radical (unpaired) electrons. The number of aliphatic hydroxyl groups excluding tert-OH is 1. The van der Waals surface area contributed by atoms with Crippen LogP contribution in [0.4, 0.5) is 0 Å². The average molecular weight is 393 g/mol. The summed E-state index contributed by atoms with van der Waals surface area (Å²) in [7, 11) is 0. The van der Waals surface area contributed by atoms with E-state index in [1.807, 2.05) is 20.8 Å². The number of unbranched alkanes of at least 4 members (excludes halogenated alkanes) is 1. The van der Waals surface area contributed by atoms with E-state index < -0.39 is 6.29 Å². The van der Waals surface area contributed by atoms with E-state index in [0.29, 0.717) is 12.5 Å². The molecule has 2 atom stereocenters. The molecule has 0 bridgehead atoms. The maximum absolute atomic E-state index is 9.73. The van der Waals surface area contributed by atoms with E-state index in [0.717, 1.165) is 23.8 Å². The van der Waals surface area contributed by atoms with Crippen molar-refractivity contribution in [1.82, 2.24) is 0 Å². The standard InChI is InChI=1S/C13H28O2.3ClH.O.V/c1-6-8-9-11(7-2)10-15-12(14)13(3,4)5;;;;;/h11-12,14H,6-10H2,1-5H3;3*1H;;. The molecule has 0 aliphatic carbocycles. The first-order chi connectivity index (χ1) is 7.91. The number of hydrogen-bond acceptors (Lipinski definition) is 3. The van der Waals surface area contributed by atoms with Crippen LogP contribution in [0.1, 0.15) is 60.3 Å². The summed E-state index contributed by atoms with van der Waals surface area (Å²) in [5, 5.41) is 9.73. The van der Waals surface area contributed by atoms with Gasteiger partial charge >= 0.3 is 21.0 Å². The number of halogens is 3. The minimum absolute atomic E-state index is 0. The topological polar surface area (TPSA) is 46.5 Å². The third kappa shape index (κ3) is 19.2. The van der Waals surface area contributed by atoms with Crippen molar-refractivity contribution in [2.45, 2.75) is 66.6 Å². The monoisotopic (exact) mass is 391 g/mol. The van der Waals surface area contributed by atoms with Gasteiger partial charge < -0.3 is 9.84 Å². The van der Waals surface area contributed by atoms with Crippen molar-refractivity contribution < 1.29 is 30.9 Å². The molecular weight excluding hydrogens is 361 g/mol. The zero-order valence-corrected chi connectivity index (χ0v) is 17.0. The molecule has 0 saturated heterocycles. The number of aliphatic hydroxyl groups is 1. The Morgan fingerprint density at radius 3 is 1.85 bits per heavy atom. The molecule has 3 nitrogen and oxygen atoms in total. The Morgan fingerprint density at radius 2 is 1.55 bits per heavy atom. The van der Waals surface area contributed by atoms with Crippen molar-refractivity contribution in [3.05, 3.63) is 0 Å². The van der Waals surface area contributed by atoms with Crippen LogP contribution in [0.25, 0.3) is 0 Å². The first-order valence-corrected chi connectivity index (χ1v) is 6.96. The van der Waals surface area contributed by atoms with Gasteiger partial charge in [0, 0.05) is 5.41 Å². The molecule has 0 amide bonds. The van der Waals surface area contributed by atoms with Crippen molar-refractivity contribution in [3.63, 3.8) is 0 Å². The van der Waals surface area contributed by atoms with Crippen molar-refractivity contribution in [2.75, 3.05) is 6.61 Å². The Morgan fingerprint density at radius 1 is 1.10 bits per heavy atom. The second kappa shape index (κ2) is 20.2. The number of ether oxygens (including phenoxy) is 1. The minimum atomic E-state index is -0.645. The van der Waals surface area contributed by atoms with Gasteiger partial charge in [-0.15, -0.1) is 37.2 Å². The van der Waals surface area contributed by atoms with E-state index in [2.05, 4.69) is 13.8 Å². The van der Waals surface area contributed by atoms with Gasteiger partial charge in [-0.2, -0.15) is 0 Å². The van der Waals surface area contributed by atoms with Crippen molar-refractivity contribution in [3.8, 4) is 0 Å². The van der Waals surface area contributed by atoms with E-state index in [1.54, 1.807) is 0 Å². The van der Waals surface area contributed by atoms with Gasteiger partial charge in [-0.1, -0.05) is 53.9 Å². The molecule has 0 heterocycles. The van der Waals surface area contributed by atoms with Crippen molar-refractivity contribution in [2.24, 2.45) is 11.3 Å². The molecule has 0 aromatic rings. The molecule has 0 spiro atoms. The molecule has 2 unspecified atom stereocenters. The van der Waals surface area contributed by atoms with E-state index >= 15 is 0 Å². The summed E-state index contributed by atoms with van der Waals surface area (Å²) in [6, 6.07) is 0. The summed E-state index contributed by atoms with van der Waals surface area (Å²) in [5.41, 5.74) is -0.178. The normalized spacial score (nSPS) is 12.4. The molecule has 20 heavy (non-hydrogen) atoms. The van der Waals surface area contributed by atoms with E-state index in [9.17, 15) is 5.11 Å². The fourth-order valence-corrected chi connectivity index (χ4v) is 1.38. The quantitative estimate of drug-likeness (QED) is 0.637. The fraction of sp³-hybridized carbons (Fsp3) is 1.00. The van der Waals surface area contributed by atoms with Crippen LogP contribution in [0.3, 0.4) is 0 Å². The molecule has 0 fully saturated rings. The van der Waals surface area contributed by atoms with Gasteiger partial charge in [0.1, 0.15) is 0 Å². The first-order valence-electron chi connectivity index (χ1n) is 6.39. The summed E-state index contributed by atoms with van der Waals surface area (Å²) < 4.78 is 13.7. The second-order valence-corrected chi connectivity index (χ2v) is 5.47. The van der Waals surface area contributed by atoms with E-state index in [4.69, 9.17) is 8.41 Å². The SMILES string of the molecule is CCCCC(CC)COC(O)C(C)(C)C.Cl.Cl.Cl.[O]=[V]. The van der Waals surface area contributed by atoms with E-state index in [1.165, 1.54) is 19.3 Å². The average Bonchev–Trinajstić information content (AvgIpc) is 2.30. The molecule has 0 aliphatic rings. The first kappa shape index (κ1) is 32.9. The Bertz CT molecular complexity index is 181. The molecule has 1 N–H and O–H groups in total. The summed E-state index contributed by atoms with van der Waals surface area (Å²) in [4.78, 5) is 0. The molecule has 0 aliphatic heterocycles. The van der Waals surface area contributed by atoms with Crippen LogP contribution in [0.5, 0.6) is 0 Å². The van der Waals surface area contributed by atoms with Crippen LogP contribution in [0.15, 0.2) is 0 Å². The van der Waals surface area contributed by atoms with Crippen LogP contribution >= 0.6 is 37.2 Å². The molecule has 0 rings (SSSR count). The van der Waals surface area contributed by atoms with Gasteiger partial charge in [0.2, 0.25) is 0 Å². The Kier molecular flexibility index (Phi) is 33.2.